The van der Waals surface area contributed by atoms with Crippen molar-refractivity contribution in [2.75, 3.05) is 0 Å². The summed E-state index contributed by atoms with van der Waals surface area (Å²) in [7, 11) is 0. The van der Waals surface area contributed by atoms with Crippen LogP contribution in [0.25, 0.3) is 0 Å². The molecule has 0 heterocycles. The number of hydrogen-bond acceptors (Lipinski definition) is 2. The molecule has 4 atom stereocenters. The lowest BCUT2D eigenvalue weighted by atomic mass is 9.82. The molecule has 1 fully saturated rings. The Morgan fingerprint density at radius 1 is 1.00 bits per heavy atom. The third-order valence-electron chi connectivity index (χ3n) is 5.10. The molecule has 2 nitrogen and oxygen atoms in total. The second kappa shape index (κ2) is 9.99. The Kier molecular flexibility index (Phi) is 8.35. The Bertz CT molecular complexity index is 682. The molecule has 2 bridgehead atoms. The van der Waals surface area contributed by atoms with E-state index in [2.05, 4.69) is 30.9 Å². The van der Waals surface area contributed by atoms with Crippen molar-refractivity contribution >= 4 is 11.6 Å². The lowest BCUT2D eigenvalue weighted by Gasteiger charge is -2.21. The summed E-state index contributed by atoms with van der Waals surface area (Å²) in [6.07, 6.45) is 5.75. The SMILES string of the molecule is CC#CC.CC(=O)C1C2C=CC(C2)C1C.CC(=O)c1ccccc1C. The van der Waals surface area contributed by atoms with E-state index in [1.54, 1.807) is 13.8 Å². The van der Waals surface area contributed by atoms with Crippen molar-refractivity contribution in [2.24, 2.45) is 23.7 Å². The van der Waals surface area contributed by atoms with Gasteiger partial charge in [0.1, 0.15) is 5.78 Å². The molecule has 1 aromatic carbocycles. The number of rotatable bonds is 2. The van der Waals surface area contributed by atoms with Gasteiger partial charge in [0.25, 0.3) is 0 Å². The van der Waals surface area contributed by atoms with Crippen molar-refractivity contribution in [3.63, 3.8) is 0 Å². The first-order chi connectivity index (χ1) is 11.8. The maximum Gasteiger partial charge on any atom is 0.160 e. The van der Waals surface area contributed by atoms with Crippen LogP contribution >= 0.6 is 0 Å². The van der Waals surface area contributed by atoms with Crippen molar-refractivity contribution < 1.29 is 9.59 Å². The van der Waals surface area contributed by atoms with Gasteiger partial charge in [0.2, 0.25) is 0 Å². The highest BCUT2D eigenvalue weighted by Gasteiger charge is 2.43. The maximum absolute atomic E-state index is 11.2. The fourth-order valence-corrected chi connectivity index (χ4v) is 3.71. The zero-order valence-electron chi connectivity index (χ0n) is 16.3. The molecule has 0 radical (unpaired) electrons. The summed E-state index contributed by atoms with van der Waals surface area (Å²) < 4.78 is 0. The number of aryl methyl sites for hydroxylation is 1. The van der Waals surface area contributed by atoms with Crippen LogP contribution in [0.1, 0.15) is 57.0 Å². The van der Waals surface area contributed by atoms with Crippen LogP contribution in [0.5, 0.6) is 0 Å². The molecule has 1 aromatic rings. The van der Waals surface area contributed by atoms with E-state index in [4.69, 9.17) is 0 Å². The second-order valence-corrected chi connectivity index (χ2v) is 6.81. The molecule has 1 saturated carbocycles. The number of fused-ring (bicyclic) bond motifs is 2. The minimum absolute atomic E-state index is 0.137. The van der Waals surface area contributed by atoms with Crippen molar-refractivity contribution in [3.8, 4) is 11.8 Å². The first-order valence-electron chi connectivity index (χ1n) is 8.92. The summed E-state index contributed by atoms with van der Waals surface area (Å²) in [5, 5.41) is 0. The number of ketones is 2. The van der Waals surface area contributed by atoms with E-state index in [0.717, 1.165) is 11.1 Å². The summed E-state index contributed by atoms with van der Waals surface area (Å²) in [6, 6.07) is 7.60. The molecule has 134 valence electrons. The summed E-state index contributed by atoms with van der Waals surface area (Å²) in [4.78, 5) is 22.1. The average molecular weight is 338 g/mol. The Balaban J connectivity index is 0.000000208. The lowest BCUT2D eigenvalue weighted by Crippen LogP contribution is -2.23. The first kappa shape index (κ1) is 20.9. The number of Topliss-reactive ketones (excluding diaryl/α,β-unsaturated/α-hetero) is 2. The van der Waals surface area contributed by atoms with Gasteiger partial charge in [0, 0.05) is 11.5 Å². The topological polar surface area (TPSA) is 34.1 Å². The van der Waals surface area contributed by atoms with Crippen LogP contribution in [0.4, 0.5) is 0 Å². The van der Waals surface area contributed by atoms with Gasteiger partial charge in [-0.3, -0.25) is 9.59 Å². The molecule has 0 N–H and O–H groups in total. The molecule has 0 saturated heterocycles. The standard InChI is InChI=1S/C10H14O.C9H10O.C4H6/c1-6-8-3-4-9(5-8)10(6)7(2)11;1-7-5-3-4-6-9(7)8(2)10;1-3-4-2/h3-4,6,8-10H,5H2,1-2H3;3-6H,1-2H3;1-2H3. The normalized spacial score (nSPS) is 24.9. The van der Waals surface area contributed by atoms with E-state index in [9.17, 15) is 9.59 Å². The Hall–Kier alpha value is -2.14. The summed E-state index contributed by atoms with van der Waals surface area (Å²) in [5.74, 6) is 8.10. The van der Waals surface area contributed by atoms with Gasteiger partial charge < -0.3 is 0 Å². The molecule has 0 spiro atoms. The van der Waals surface area contributed by atoms with E-state index in [1.807, 2.05) is 45.0 Å². The van der Waals surface area contributed by atoms with Crippen LogP contribution in [-0.2, 0) is 4.79 Å². The zero-order valence-corrected chi connectivity index (χ0v) is 16.3. The highest BCUT2D eigenvalue weighted by Crippen LogP contribution is 2.47. The van der Waals surface area contributed by atoms with Gasteiger partial charge in [-0.25, -0.2) is 0 Å². The number of carbonyl (C=O) groups is 2. The van der Waals surface area contributed by atoms with Gasteiger partial charge in [-0.2, -0.15) is 0 Å². The molecule has 0 aliphatic heterocycles. The maximum atomic E-state index is 11.2. The van der Waals surface area contributed by atoms with Crippen molar-refractivity contribution in [1.29, 1.82) is 0 Å². The predicted molar refractivity (Wildman–Crippen MR) is 104 cm³/mol. The molecular formula is C23H30O2. The molecule has 2 heteroatoms. The van der Waals surface area contributed by atoms with E-state index in [-0.39, 0.29) is 5.78 Å². The molecule has 0 amide bonds. The van der Waals surface area contributed by atoms with E-state index in [1.165, 1.54) is 6.42 Å². The number of allylic oxidation sites excluding steroid dienone is 2. The number of benzene rings is 1. The summed E-state index contributed by atoms with van der Waals surface area (Å²) in [5.41, 5.74) is 1.87. The van der Waals surface area contributed by atoms with Crippen molar-refractivity contribution in [1.82, 2.24) is 0 Å². The molecule has 0 aromatic heterocycles. The highest BCUT2D eigenvalue weighted by atomic mass is 16.1. The van der Waals surface area contributed by atoms with E-state index < -0.39 is 0 Å². The average Bonchev–Trinajstić information content (AvgIpc) is 3.16. The Morgan fingerprint density at radius 3 is 1.88 bits per heavy atom. The van der Waals surface area contributed by atoms with E-state index in [0.29, 0.717) is 29.5 Å². The summed E-state index contributed by atoms with van der Waals surface area (Å²) >= 11 is 0. The summed E-state index contributed by atoms with van der Waals surface area (Å²) in [6.45, 7) is 11.1. The van der Waals surface area contributed by atoms with Crippen LogP contribution in [0.3, 0.4) is 0 Å². The number of carbonyl (C=O) groups excluding carboxylic acids is 2. The molecular weight excluding hydrogens is 308 g/mol. The fourth-order valence-electron chi connectivity index (χ4n) is 3.71. The molecule has 2 aliphatic carbocycles. The van der Waals surface area contributed by atoms with Gasteiger partial charge in [-0.15, -0.1) is 11.8 Å². The third-order valence-corrected chi connectivity index (χ3v) is 5.10. The minimum Gasteiger partial charge on any atom is -0.300 e. The predicted octanol–water partition coefficient (Wildman–Crippen LogP) is 5.26. The zero-order chi connectivity index (χ0) is 19.0. The lowest BCUT2D eigenvalue weighted by molar-refractivity contribution is -0.122. The monoisotopic (exact) mass is 338 g/mol. The molecule has 2 aliphatic rings. The van der Waals surface area contributed by atoms with Gasteiger partial charge in [-0.1, -0.05) is 43.3 Å². The molecule has 3 rings (SSSR count). The first-order valence-corrected chi connectivity index (χ1v) is 8.92. The fraction of sp³-hybridized carbons (Fsp3) is 0.478. The van der Waals surface area contributed by atoms with Crippen molar-refractivity contribution in [3.05, 3.63) is 47.5 Å². The van der Waals surface area contributed by atoms with Crippen LogP contribution in [0.15, 0.2) is 36.4 Å². The Labute approximate surface area is 152 Å². The molecule has 4 unspecified atom stereocenters. The number of hydrogen-bond donors (Lipinski definition) is 0. The van der Waals surface area contributed by atoms with Crippen LogP contribution in [0.2, 0.25) is 0 Å². The van der Waals surface area contributed by atoms with Crippen LogP contribution < -0.4 is 0 Å². The van der Waals surface area contributed by atoms with Crippen molar-refractivity contribution in [2.45, 2.75) is 48.0 Å². The quantitative estimate of drug-likeness (QED) is 0.419. The minimum atomic E-state index is 0.137. The third kappa shape index (κ3) is 5.71. The smallest absolute Gasteiger partial charge is 0.160 e. The second-order valence-electron chi connectivity index (χ2n) is 6.81. The van der Waals surface area contributed by atoms with Gasteiger partial charge in [-0.05, 0) is 64.4 Å². The largest absolute Gasteiger partial charge is 0.300 e. The van der Waals surface area contributed by atoms with Gasteiger partial charge in [0.15, 0.2) is 5.78 Å². The molecule has 25 heavy (non-hydrogen) atoms. The highest BCUT2D eigenvalue weighted by molar-refractivity contribution is 5.95. The van der Waals surface area contributed by atoms with E-state index >= 15 is 0 Å². The van der Waals surface area contributed by atoms with Gasteiger partial charge >= 0.3 is 0 Å². The van der Waals surface area contributed by atoms with Gasteiger partial charge in [0.05, 0.1) is 0 Å². The Morgan fingerprint density at radius 2 is 1.56 bits per heavy atom. The van der Waals surface area contributed by atoms with Crippen LogP contribution in [-0.4, -0.2) is 11.6 Å². The van der Waals surface area contributed by atoms with Crippen LogP contribution in [0, 0.1) is 42.4 Å².